The Morgan fingerprint density at radius 3 is 2.24 bits per heavy atom. The van der Waals surface area contributed by atoms with Crippen molar-refractivity contribution in [2.45, 2.75) is 0 Å². The van der Waals surface area contributed by atoms with Gasteiger partial charge in [-0.3, -0.25) is 0 Å². The Morgan fingerprint density at radius 2 is 1.62 bits per heavy atom. The summed E-state index contributed by atoms with van der Waals surface area (Å²) in [4.78, 5) is 16.3. The van der Waals surface area contributed by atoms with Crippen LogP contribution in [0.25, 0.3) is 0 Å². The molecular weight excluding hydrogens is 541 g/mol. The van der Waals surface area contributed by atoms with Crippen molar-refractivity contribution in [2.75, 3.05) is 28.8 Å². The smallest absolute Gasteiger partial charge is 0.125 e. The molecule has 6 nitrogen and oxygen atoms in total. The summed E-state index contributed by atoms with van der Waals surface area (Å²) in [6.45, 7) is 3.98. The molecule has 151 valence electrons. The fourth-order valence-electron chi connectivity index (χ4n) is 2.91. The van der Waals surface area contributed by atoms with E-state index in [0.717, 1.165) is 22.9 Å². The molecule has 2 aromatic carbocycles. The minimum Gasteiger partial charge on any atom is -0.510 e. The van der Waals surface area contributed by atoms with Crippen LogP contribution in [0.15, 0.2) is 73.5 Å². The van der Waals surface area contributed by atoms with Crippen molar-refractivity contribution in [3.05, 3.63) is 98.9 Å². The van der Waals surface area contributed by atoms with Crippen LogP contribution in [-0.4, -0.2) is 29.0 Å². The summed E-state index contributed by atoms with van der Waals surface area (Å²) in [5, 5.41) is 0. The van der Waals surface area contributed by atoms with E-state index in [2.05, 4.69) is 22.1 Å². The second-order valence-electron chi connectivity index (χ2n) is 6.31. The van der Waals surface area contributed by atoms with Crippen LogP contribution < -0.4 is 14.7 Å². The molecule has 0 saturated heterocycles. The van der Waals surface area contributed by atoms with Gasteiger partial charge in [-0.25, -0.2) is 9.97 Å². The minimum absolute atomic E-state index is 0. The van der Waals surface area contributed by atoms with Gasteiger partial charge in [0.1, 0.15) is 12.1 Å². The van der Waals surface area contributed by atoms with Gasteiger partial charge in [-0.05, 0) is 26.5 Å². The quantitative estimate of drug-likeness (QED) is 0.444. The Morgan fingerprint density at radius 1 is 0.897 bits per heavy atom. The molecule has 3 heterocycles. The van der Waals surface area contributed by atoms with Crippen LogP contribution in [0.3, 0.4) is 0 Å². The van der Waals surface area contributed by atoms with E-state index >= 15 is 0 Å². The molecular formula is C22H20IrN6-4. The second kappa shape index (κ2) is 9.54. The van der Waals surface area contributed by atoms with E-state index in [-0.39, 0.29) is 20.1 Å². The van der Waals surface area contributed by atoms with Crippen LogP contribution in [0.2, 0.25) is 0 Å². The molecule has 7 heteroatoms. The molecule has 0 saturated carbocycles. The third-order valence-electron chi connectivity index (χ3n) is 4.25. The average molecular weight is 561 g/mol. The topological polar surface area (TPSA) is 38.7 Å². The Labute approximate surface area is 185 Å². The Balaban J connectivity index is 0.000000167. The molecule has 0 unspecified atom stereocenters. The van der Waals surface area contributed by atoms with Gasteiger partial charge in [-0.15, -0.1) is 11.4 Å². The molecule has 3 aromatic rings. The van der Waals surface area contributed by atoms with Gasteiger partial charge in [-0.1, -0.05) is 0 Å². The predicted molar refractivity (Wildman–Crippen MR) is 111 cm³/mol. The van der Waals surface area contributed by atoms with Crippen molar-refractivity contribution >= 4 is 22.9 Å². The summed E-state index contributed by atoms with van der Waals surface area (Å²) in [5.74, 6) is 0.909. The van der Waals surface area contributed by atoms with Gasteiger partial charge < -0.3 is 19.6 Å². The Hall–Kier alpha value is -2.89. The van der Waals surface area contributed by atoms with E-state index in [1.54, 1.807) is 6.33 Å². The first-order valence-corrected chi connectivity index (χ1v) is 8.86. The first-order chi connectivity index (χ1) is 13.7. The summed E-state index contributed by atoms with van der Waals surface area (Å²) < 4.78 is 0. The van der Waals surface area contributed by atoms with Crippen LogP contribution in [0.1, 0.15) is 0 Å². The fourth-order valence-corrected chi connectivity index (χ4v) is 2.91. The number of para-hydroxylation sites is 2. The minimum atomic E-state index is 0. The van der Waals surface area contributed by atoms with Gasteiger partial charge in [-0.2, -0.15) is 74.0 Å². The largest absolute Gasteiger partial charge is 0.510 e. The van der Waals surface area contributed by atoms with Gasteiger partial charge in [0.25, 0.3) is 0 Å². The van der Waals surface area contributed by atoms with Crippen LogP contribution >= 0.6 is 0 Å². The molecule has 0 amide bonds. The summed E-state index contributed by atoms with van der Waals surface area (Å²) in [6, 6.07) is 22.1. The number of rotatable bonds is 2. The van der Waals surface area contributed by atoms with Gasteiger partial charge in [0, 0.05) is 20.1 Å². The van der Waals surface area contributed by atoms with Crippen molar-refractivity contribution in [3.63, 3.8) is 0 Å². The molecule has 0 fully saturated rings. The second-order valence-corrected chi connectivity index (χ2v) is 6.31. The molecule has 2 aliphatic heterocycles. The molecule has 29 heavy (non-hydrogen) atoms. The van der Waals surface area contributed by atoms with Gasteiger partial charge in [0.2, 0.25) is 0 Å². The normalized spacial score (nSPS) is 14.3. The van der Waals surface area contributed by atoms with E-state index in [4.69, 9.17) is 0 Å². The standard InChI is InChI=1S/C12H10N4.C10H10N2.Ir/c1-15-9-16(10-5-3-2-4-6-10)11-7-13-8-14-12(11)15;1-11-7-8-12(9-11)10-5-3-2-4-6-10;/h2-5,7-9H,1H3;2-5,7-9H,1H3;/q2*-2;. The van der Waals surface area contributed by atoms with Gasteiger partial charge >= 0.3 is 0 Å². The molecule has 0 atom stereocenters. The number of fused-ring (bicyclic) bond motifs is 1. The van der Waals surface area contributed by atoms with Gasteiger partial charge in [0.05, 0.1) is 11.9 Å². The number of benzene rings is 2. The third-order valence-corrected chi connectivity index (χ3v) is 4.25. The molecule has 0 spiro atoms. The van der Waals surface area contributed by atoms with Crippen molar-refractivity contribution in [1.82, 2.24) is 14.9 Å². The molecule has 0 bridgehead atoms. The number of aromatic nitrogens is 2. The predicted octanol–water partition coefficient (Wildman–Crippen LogP) is 3.81. The number of anilines is 4. The first-order valence-electron chi connectivity index (χ1n) is 8.86. The third kappa shape index (κ3) is 4.75. The Kier molecular flexibility index (Phi) is 6.86. The molecule has 0 aliphatic carbocycles. The number of hydrogen-bond donors (Lipinski definition) is 0. The number of hydrogen-bond acceptors (Lipinski definition) is 6. The molecule has 0 N–H and O–H groups in total. The average Bonchev–Trinajstić information content (AvgIpc) is 3.34. The summed E-state index contributed by atoms with van der Waals surface area (Å²) >= 11 is 0. The van der Waals surface area contributed by atoms with E-state index in [9.17, 15) is 0 Å². The van der Waals surface area contributed by atoms with Crippen molar-refractivity contribution < 1.29 is 20.1 Å². The summed E-state index contributed by atoms with van der Waals surface area (Å²) in [5.41, 5.74) is 3.04. The Bertz CT molecular complexity index is 934. The van der Waals surface area contributed by atoms with Crippen molar-refractivity contribution in [3.8, 4) is 0 Å². The zero-order valence-corrected chi connectivity index (χ0v) is 18.5. The maximum Gasteiger partial charge on any atom is 0.125 e. The van der Waals surface area contributed by atoms with Crippen molar-refractivity contribution in [2.24, 2.45) is 0 Å². The zero-order valence-electron chi connectivity index (χ0n) is 16.1. The summed E-state index contributed by atoms with van der Waals surface area (Å²) in [7, 11) is 3.97. The monoisotopic (exact) mass is 561 g/mol. The summed E-state index contributed by atoms with van der Waals surface area (Å²) in [6.07, 6.45) is 7.37. The van der Waals surface area contributed by atoms with Crippen LogP contribution in [0, 0.1) is 25.5 Å². The molecule has 1 radical (unpaired) electrons. The van der Waals surface area contributed by atoms with Crippen LogP contribution in [-0.2, 0) is 20.1 Å². The molecule has 1 aromatic heterocycles. The maximum absolute atomic E-state index is 4.24. The van der Waals surface area contributed by atoms with E-state index in [0.29, 0.717) is 0 Å². The van der Waals surface area contributed by atoms with Crippen LogP contribution in [0.5, 0.6) is 0 Å². The van der Waals surface area contributed by atoms with Crippen molar-refractivity contribution in [1.29, 1.82) is 0 Å². The fraction of sp³-hybridized carbons (Fsp3) is 0.0909. The van der Waals surface area contributed by atoms with Gasteiger partial charge in [0.15, 0.2) is 0 Å². The van der Waals surface area contributed by atoms with E-state index in [1.165, 1.54) is 0 Å². The van der Waals surface area contributed by atoms with E-state index < -0.39 is 0 Å². The van der Waals surface area contributed by atoms with E-state index in [1.807, 2.05) is 114 Å². The number of nitrogens with zero attached hydrogens (tertiary/aromatic N) is 6. The zero-order chi connectivity index (χ0) is 19.3. The van der Waals surface area contributed by atoms with Crippen LogP contribution in [0.4, 0.5) is 22.9 Å². The SMILES string of the molecule is CN1C=CN(c2[c-]cccc2)[CH-]1.CN1[CH-]N(c2[c-]cccc2)c2cncnc21.[Ir]. The molecule has 5 rings (SSSR count). The molecule has 2 aliphatic rings. The maximum atomic E-state index is 4.24. The first kappa shape index (κ1) is 20.8.